The zero-order chi connectivity index (χ0) is 19.9. The number of ether oxygens (including phenoxy) is 1. The summed E-state index contributed by atoms with van der Waals surface area (Å²) in [7, 11) is 1.86. The number of carbonyl (C=O) groups is 1. The van der Waals surface area contributed by atoms with Gasteiger partial charge in [-0.05, 0) is 30.5 Å². The van der Waals surface area contributed by atoms with Gasteiger partial charge in [-0.1, -0.05) is 49.1 Å². The summed E-state index contributed by atoms with van der Waals surface area (Å²) in [6.45, 7) is 4.43. The van der Waals surface area contributed by atoms with Crippen LogP contribution < -0.4 is 10.1 Å². The molecule has 0 unspecified atom stereocenters. The topological polar surface area (TPSA) is 94.8 Å². The molecule has 2 heterocycles. The van der Waals surface area contributed by atoms with Crippen molar-refractivity contribution in [1.82, 2.24) is 25.0 Å². The predicted octanol–water partition coefficient (Wildman–Crippen LogP) is 3.10. The quantitative estimate of drug-likeness (QED) is 0.534. The van der Waals surface area contributed by atoms with Crippen LogP contribution in [-0.4, -0.2) is 36.6 Å². The zero-order valence-electron chi connectivity index (χ0n) is 16.0. The van der Waals surface area contributed by atoms with Crippen molar-refractivity contribution in [2.24, 2.45) is 7.05 Å². The molecule has 8 nitrogen and oxygen atoms in total. The van der Waals surface area contributed by atoms with E-state index in [9.17, 15) is 4.79 Å². The van der Waals surface area contributed by atoms with Gasteiger partial charge in [0.25, 0.3) is 0 Å². The first kappa shape index (κ1) is 20.3. The largest absolute Gasteiger partial charge is 0.486 e. The van der Waals surface area contributed by atoms with Gasteiger partial charge >= 0.3 is 0 Å². The second-order valence-corrected chi connectivity index (χ2v) is 7.94. The molecule has 1 aromatic carbocycles. The van der Waals surface area contributed by atoms with Crippen LogP contribution in [0, 0.1) is 0 Å². The van der Waals surface area contributed by atoms with Crippen LogP contribution in [0.25, 0.3) is 0 Å². The number of aromatic nitrogens is 5. The summed E-state index contributed by atoms with van der Waals surface area (Å²) in [5, 5.41) is 21.0. The number of amides is 1. The van der Waals surface area contributed by atoms with E-state index in [1.165, 1.54) is 28.7 Å². The van der Waals surface area contributed by atoms with Crippen LogP contribution in [0.15, 0.2) is 29.4 Å². The Morgan fingerprint density at radius 2 is 1.93 bits per heavy atom. The molecular weight excluding hydrogens is 396 g/mol. The number of nitrogens with one attached hydrogen (secondary N) is 1. The highest BCUT2D eigenvalue weighted by atomic mass is 32.2. The van der Waals surface area contributed by atoms with Gasteiger partial charge in [0.2, 0.25) is 11.0 Å². The summed E-state index contributed by atoms with van der Waals surface area (Å²) in [5.41, 5.74) is 1.27. The summed E-state index contributed by atoms with van der Waals surface area (Å²) in [6, 6.07) is 8.00. The minimum Gasteiger partial charge on any atom is -0.486 e. The molecular formula is C18H22N6O2S2. The Morgan fingerprint density at radius 3 is 2.61 bits per heavy atom. The van der Waals surface area contributed by atoms with Gasteiger partial charge in [-0.3, -0.25) is 10.1 Å². The van der Waals surface area contributed by atoms with Crippen LogP contribution >= 0.6 is 23.1 Å². The number of carbonyl (C=O) groups excluding carboxylic acids is 1. The van der Waals surface area contributed by atoms with E-state index >= 15 is 0 Å². The SMILES string of the molecule is CCc1ccc(OCc2nnc(SCC(=O)Nc3nnc(CC)s3)n2C)cc1. The highest BCUT2D eigenvalue weighted by molar-refractivity contribution is 7.99. The third kappa shape index (κ3) is 5.29. The predicted molar refractivity (Wildman–Crippen MR) is 110 cm³/mol. The maximum atomic E-state index is 12.1. The van der Waals surface area contributed by atoms with Crippen LogP contribution in [0.2, 0.25) is 0 Å². The van der Waals surface area contributed by atoms with Crippen molar-refractivity contribution in [3.63, 3.8) is 0 Å². The van der Waals surface area contributed by atoms with Crippen molar-refractivity contribution in [1.29, 1.82) is 0 Å². The van der Waals surface area contributed by atoms with Gasteiger partial charge in [-0.15, -0.1) is 20.4 Å². The molecule has 0 saturated carbocycles. The lowest BCUT2D eigenvalue weighted by atomic mass is 10.2. The van der Waals surface area contributed by atoms with Crippen LogP contribution in [0.5, 0.6) is 5.75 Å². The summed E-state index contributed by atoms with van der Waals surface area (Å²) in [4.78, 5) is 12.1. The molecule has 2 aromatic heterocycles. The van der Waals surface area contributed by atoms with Crippen molar-refractivity contribution in [3.05, 3.63) is 40.7 Å². The molecule has 0 aliphatic heterocycles. The van der Waals surface area contributed by atoms with Gasteiger partial charge in [0.05, 0.1) is 5.75 Å². The summed E-state index contributed by atoms with van der Waals surface area (Å²) < 4.78 is 7.61. The van der Waals surface area contributed by atoms with Gasteiger partial charge in [-0.2, -0.15) is 0 Å². The zero-order valence-corrected chi connectivity index (χ0v) is 17.6. The lowest BCUT2D eigenvalue weighted by Crippen LogP contribution is -2.14. The molecule has 0 atom stereocenters. The first-order valence-electron chi connectivity index (χ1n) is 8.94. The molecule has 3 aromatic rings. The molecule has 0 radical (unpaired) electrons. The Bertz CT molecular complexity index is 923. The molecule has 0 fully saturated rings. The number of benzene rings is 1. The van der Waals surface area contributed by atoms with E-state index in [0.717, 1.165) is 23.6 Å². The van der Waals surface area contributed by atoms with Gasteiger partial charge in [-0.25, -0.2) is 0 Å². The molecule has 28 heavy (non-hydrogen) atoms. The fraction of sp³-hybridized carbons (Fsp3) is 0.389. The van der Waals surface area contributed by atoms with E-state index < -0.39 is 0 Å². The maximum absolute atomic E-state index is 12.1. The van der Waals surface area contributed by atoms with Gasteiger partial charge in [0.15, 0.2) is 11.0 Å². The lowest BCUT2D eigenvalue weighted by molar-refractivity contribution is -0.113. The molecule has 0 bridgehead atoms. The van der Waals surface area contributed by atoms with E-state index in [1.54, 1.807) is 0 Å². The molecule has 1 amide bonds. The Hall–Kier alpha value is -2.46. The first-order valence-corrected chi connectivity index (χ1v) is 10.7. The summed E-state index contributed by atoms with van der Waals surface area (Å²) in [5.74, 6) is 1.55. The van der Waals surface area contributed by atoms with Gasteiger partial charge < -0.3 is 9.30 Å². The standard InChI is InChI=1S/C18H22N6O2S2/c1-4-12-6-8-13(9-7-12)26-10-14-20-23-18(24(14)3)27-11-15(25)19-17-22-21-16(5-2)28-17/h6-9H,4-5,10-11H2,1-3H3,(H,19,22,25). The van der Waals surface area contributed by atoms with E-state index in [4.69, 9.17) is 4.74 Å². The van der Waals surface area contributed by atoms with Crippen LogP contribution in [0.1, 0.15) is 30.2 Å². The van der Waals surface area contributed by atoms with Crippen LogP contribution in [0.3, 0.4) is 0 Å². The molecule has 1 N–H and O–H groups in total. The number of anilines is 1. The molecule has 0 aliphatic rings. The van der Waals surface area contributed by atoms with Crippen molar-refractivity contribution in [3.8, 4) is 5.75 Å². The fourth-order valence-corrected chi connectivity index (χ4v) is 3.72. The second-order valence-electron chi connectivity index (χ2n) is 5.94. The smallest absolute Gasteiger partial charge is 0.236 e. The molecule has 0 spiro atoms. The monoisotopic (exact) mass is 418 g/mol. The number of rotatable bonds is 9. The average Bonchev–Trinajstić information content (AvgIpc) is 3.31. The Kier molecular flexibility index (Phi) is 6.99. The Labute approximate surface area is 171 Å². The molecule has 148 valence electrons. The Morgan fingerprint density at radius 1 is 1.14 bits per heavy atom. The maximum Gasteiger partial charge on any atom is 0.236 e. The van der Waals surface area contributed by atoms with Gasteiger partial charge in [0, 0.05) is 7.05 Å². The number of hydrogen-bond donors (Lipinski definition) is 1. The third-order valence-corrected chi connectivity index (χ3v) is 5.98. The summed E-state index contributed by atoms with van der Waals surface area (Å²) in [6.07, 6.45) is 1.80. The molecule has 0 saturated heterocycles. The minimum absolute atomic E-state index is 0.152. The summed E-state index contributed by atoms with van der Waals surface area (Å²) >= 11 is 2.70. The van der Waals surface area contributed by atoms with Crippen molar-refractivity contribution in [2.45, 2.75) is 38.5 Å². The molecule has 10 heteroatoms. The lowest BCUT2D eigenvalue weighted by Gasteiger charge is -2.07. The highest BCUT2D eigenvalue weighted by Gasteiger charge is 2.13. The molecule has 0 aliphatic carbocycles. The third-order valence-electron chi connectivity index (χ3n) is 3.97. The Balaban J connectivity index is 1.50. The fourth-order valence-electron chi connectivity index (χ4n) is 2.30. The van der Waals surface area contributed by atoms with Crippen LogP contribution in [-0.2, 0) is 31.3 Å². The van der Waals surface area contributed by atoms with E-state index in [2.05, 4.69) is 32.6 Å². The van der Waals surface area contributed by atoms with Crippen molar-refractivity contribution in [2.75, 3.05) is 11.1 Å². The van der Waals surface area contributed by atoms with Crippen molar-refractivity contribution >= 4 is 34.1 Å². The average molecular weight is 419 g/mol. The number of nitrogens with zero attached hydrogens (tertiary/aromatic N) is 5. The van der Waals surface area contributed by atoms with E-state index in [-0.39, 0.29) is 11.7 Å². The number of thioether (sulfide) groups is 1. The van der Waals surface area contributed by atoms with Gasteiger partial charge in [0.1, 0.15) is 17.4 Å². The van der Waals surface area contributed by atoms with E-state index in [0.29, 0.717) is 22.7 Å². The van der Waals surface area contributed by atoms with E-state index in [1.807, 2.05) is 42.8 Å². The van der Waals surface area contributed by atoms with Crippen molar-refractivity contribution < 1.29 is 9.53 Å². The highest BCUT2D eigenvalue weighted by Crippen LogP contribution is 2.19. The van der Waals surface area contributed by atoms with Crippen LogP contribution in [0.4, 0.5) is 5.13 Å². The first-order chi connectivity index (χ1) is 13.6. The molecule has 3 rings (SSSR count). The number of aryl methyl sites for hydroxylation is 2. The normalized spacial score (nSPS) is 10.8. The second kappa shape index (κ2) is 9.65. The number of hydrogen-bond acceptors (Lipinski definition) is 8. The minimum atomic E-state index is -0.152.